The molecule has 0 N–H and O–H groups in total. The molecule has 0 aliphatic carbocycles. The molecule has 0 atom stereocenters. The van der Waals surface area contributed by atoms with E-state index in [9.17, 15) is 4.79 Å². The van der Waals surface area contributed by atoms with Crippen LogP contribution in [0.15, 0.2) is 18.3 Å². The summed E-state index contributed by atoms with van der Waals surface area (Å²) in [5.41, 5.74) is 1.48. The van der Waals surface area contributed by atoms with Gasteiger partial charge in [-0.05, 0) is 30.0 Å². The van der Waals surface area contributed by atoms with E-state index in [1.807, 2.05) is 6.07 Å². The van der Waals surface area contributed by atoms with Crippen molar-refractivity contribution in [2.24, 2.45) is 0 Å². The summed E-state index contributed by atoms with van der Waals surface area (Å²) in [6, 6.07) is 3.71. The highest BCUT2D eigenvalue weighted by Crippen LogP contribution is 2.21. The number of esters is 1. The minimum atomic E-state index is -0.358. The second-order valence-electron chi connectivity index (χ2n) is 4.40. The van der Waals surface area contributed by atoms with Crippen molar-refractivity contribution in [1.29, 1.82) is 0 Å². The number of nitrogens with zero attached hydrogens (tertiary/aromatic N) is 1. The number of carbonyl (C=O) groups excluding carboxylic acids is 1. The molecule has 0 aliphatic rings. The summed E-state index contributed by atoms with van der Waals surface area (Å²) in [7, 11) is 0. The first kappa shape index (κ1) is 11.7. The zero-order valence-corrected chi connectivity index (χ0v) is 9.70. The SMILES string of the molecule is CCOC(=O)c1cc(C(C)(C)C)ccn1. The molecule has 3 nitrogen and oxygen atoms in total. The van der Waals surface area contributed by atoms with Gasteiger partial charge >= 0.3 is 5.97 Å². The number of hydrogen-bond donors (Lipinski definition) is 0. The highest BCUT2D eigenvalue weighted by molar-refractivity contribution is 5.87. The highest BCUT2D eigenvalue weighted by Gasteiger charge is 2.16. The molecule has 0 unspecified atom stereocenters. The zero-order valence-electron chi connectivity index (χ0n) is 9.70. The lowest BCUT2D eigenvalue weighted by molar-refractivity contribution is 0.0519. The van der Waals surface area contributed by atoms with Crippen LogP contribution in [-0.4, -0.2) is 17.6 Å². The molecule has 0 aromatic carbocycles. The Morgan fingerprint density at radius 2 is 2.13 bits per heavy atom. The van der Waals surface area contributed by atoms with Gasteiger partial charge in [0.2, 0.25) is 0 Å². The fourth-order valence-electron chi connectivity index (χ4n) is 1.21. The van der Waals surface area contributed by atoms with E-state index in [0.717, 1.165) is 5.56 Å². The molecule has 0 spiro atoms. The van der Waals surface area contributed by atoms with Crippen LogP contribution in [-0.2, 0) is 10.2 Å². The van der Waals surface area contributed by atoms with Gasteiger partial charge in [0.15, 0.2) is 0 Å². The molecule has 15 heavy (non-hydrogen) atoms. The molecule has 0 aliphatic heterocycles. The lowest BCUT2D eigenvalue weighted by Crippen LogP contribution is -2.14. The first-order valence-corrected chi connectivity index (χ1v) is 5.09. The van der Waals surface area contributed by atoms with Crippen molar-refractivity contribution in [3.8, 4) is 0 Å². The second kappa shape index (κ2) is 4.43. The summed E-state index contributed by atoms with van der Waals surface area (Å²) in [6.45, 7) is 8.44. The maximum absolute atomic E-state index is 11.4. The Hall–Kier alpha value is -1.38. The Morgan fingerprint density at radius 1 is 1.47 bits per heavy atom. The third-order valence-corrected chi connectivity index (χ3v) is 2.11. The van der Waals surface area contributed by atoms with Crippen LogP contribution in [0.1, 0.15) is 43.7 Å². The molecule has 1 aromatic rings. The van der Waals surface area contributed by atoms with Crippen LogP contribution in [0.5, 0.6) is 0 Å². The Balaban J connectivity index is 2.98. The van der Waals surface area contributed by atoms with Gasteiger partial charge in [0, 0.05) is 6.20 Å². The largest absolute Gasteiger partial charge is 0.461 e. The van der Waals surface area contributed by atoms with Crippen molar-refractivity contribution < 1.29 is 9.53 Å². The summed E-state index contributed by atoms with van der Waals surface area (Å²) < 4.78 is 4.89. The molecule has 0 saturated heterocycles. The third kappa shape index (κ3) is 3.05. The Bertz CT molecular complexity index is 353. The molecule has 1 heterocycles. The van der Waals surface area contributed by atoms with E-state index in [1.165, 1.54) is 0 Å². The van der Waals surface area contributed by atoms with E-state index in [1.54, 1.807) is 19.2 Å². The first-order chi connectivity index (χ1) is 6.95. The number of aromatic nitrogens is 1. The molecule has 0 fully saturated rings. The van der Waals surface area contributed by atoms with E-state index < -0.39 is 0 Å². The number of rotatable bonds is 2. The summed E-state index contributed by atoms with van der Waals surface area (Å²) in [5.74, 6) is -0.358. The Morgan fingerprint density at radius 3 is 2.67 bits per heavy atom. The van der Waals surface area contributed by atoms with Gasteiger partial charge in [-0.25, -0.2) is 9.78 Å². The van der Waals surface area contributed by atoms with Gasteiger partial charge in [0.25, 0.3) is 0 Å². The van der Waals surface area contributed by atoms with Crippen LogP contribution in [0.4, 0.5) is 0 Å². The van der Waals surface area contributed by atoms with Gasteiger partial charge in [-0.3, -0.25) is 0 Å². The van der Waals surface area contributed by atoms with Crippen LogP contribution in [0.2, 0.25) is 0 Å². The average molecular weight is 207 g/mol. The molecule has 0 bridgehead atoms. The second-order valence-corrected chi connectivity index (χ2v) is 4.40. The topological polar surface area (TPSA) is 39.2 Å². The third-order valence-electron chi connectivity index (χ3n) is 2.11. The number of ether oxygens (including phenoxy) is 1. The smallest absolute Gasteiger partial charge is 0.356 e. The molecule has 0 saturated carbocycles. The van der Waals surface area contributed by atoms with Crippen molar-refractivity contribution >= 4 is 5.97 Å². The quantitative estimate of drug-likeness (QED) is 0.699. The number of pyridine rings is 1. The lowest BCUT2D eigenvalue weighted by Gasteiger charge is -2.18. The van der Waals surface area contributed by atoms with Crippen LogP contribution in [0.3, 0.4) is 0 Å². The van der Waals surface area contributed by atoms with Gasteiger partial charge < -0.3 is 4.74 Å². The van der Waals surface area contributed by atoms with Gasteiger partial charge in [-0.2, -0.15) is 0 Å². The van der Waals surface area contributed by atoms with Gasteiger partial charge in [-0.1, -0.05) is 20.8 Å². The fraction of sp³-hybridized carbons (Fsp3) is 0.500. The molecule has 3 heteroatoms. The van der Waals surface area contributed by atoms with E-state index >= 15 is 0 Å². The van der Waals surface area contributed by atoms with Crippen molar-refractivity contribution in [3.05, 3.63) is 29.6 Å². The van der Waals surface area contributed by atoms with Crippen LogP contribution in [0, 0.1) is 0 Å². The van der Waals surface area contributed by atoms with Crippen LogP contribution >= 0.6 is 0 Å². The summed E-state index contributed by atoms with van der Waals surface area (Å²) in [5, 5.41) is 0. The maximum atomic E-state index is 11.4. The van der Waals surface area contributed by atoms with Crippen molar-refractivity contribution in [2.45, 2.75) is 33.1 Å². The predicted octanol–water partition coefficient (Wildman–Crippen LogP) is 2.56. The normalized spacial score (nSPS) is 11.2. The van der Waals surface area contributed by atoms with E-state index in [2.05, 4.69) is 25.8 Å². The molecule has 1 aromatic heterocycles. The maximum Gasteiger partial charge on any atom is 0.356 e. The first-order valence-electron chi connectivity index (χ1n) is 5.09. The fourth-order valence-corrected chi connectivity index (χ4v) is 1.21. The molecule has 0 radical (unpaired) electrons. The van der Waals surface area contributed by atoms with E-state index in [4.69, 9.17) is 4.74 Å². The number of carbonyl (C=O) groups is 1. The Labute approximate surface area is 90.5 Å². The monoisotopic (exact) mass is 207 g/mol. The van der Waals surface area contributed by atoms with Crippen molar-refractivity contribution in [1.82, 2.24) is 4.98 Å². The molecule has 82 valence electrons. The molecular weight excluding hydrogens is 190 g/mol. The predicted molar refractivity (Wildman–Crippen MR) is 58.9 cm³/mol. The van der Waals surface area contributed by atoms with Crippen molar-refractivity contribution in [2.75, 3.05) is 6.61 Å². The minimum Gasteiger partial charge on any atom is -0.461 e. The lowest BCUT2D eigenvalue weighted by atomic mass is 9.87. The molecule has 0 amide bonds. The molecular formula is C12H17NO2. The van der Waals surface area contributed by atoms with Crippen LogP contribution < -0.4 is 0 Å². The van der Waals surface area contributed by atoms with Gasteiger partial charge in [0.1, 0.15) is 5.69 Å². The standard InChI is InChI=1S/C12H17NO2/c1-5-15-11(14)10-8-9(6-7-13-10)12(2,3)4/h6-8H,5H2,1-4H3. The van der Waals surface area contributed by atoms with E-state index in [0.29, 0.717) is 12.3 Å². The van der Waals surface area contributed by atoms with Gasteiger partial charge in [-0.15, -0.1) is 0 Å². The summed E-state index contributed by atoms with van der Waals surface area (Å²) >= 11 is 0. The van der Waals surface area contributed by atoms with Crippen LogP contribution in [0.25, 0.3) is 0 Å². The molecule has 1 rings (SSSR count). The van der Waals surface area contributed by atoms with Crippen molar-refractivity contribution in [3.63, 3.8) is 0 Å². The summed E-state index contributed by atoms with van der Waals surface area (Å²) in [6.07, 6.45) is 1.65. The minimum absolute atomic E-state index is 0.0180. The summed E-state index contributed by atoms with van der Waals surface area (Å²) in [4.78, 5) is 15.4. The number of hydrogen-bond acceptors (Lipinski definition) is 3. The Kier molecular flexibility index (Phi) is 3.45. The zero-order chi connectivity index (χ0) is 11.5. The van der Waals surface area contributed by atoms with Gasteiger partial charge in [0.05, 0.1) is 6.61 Å². The van der Waals surface area contributed by atoms with E-state index in [-0.39, 0.29) is 11.4 Å². The average Bonchev–Trinajstić information content (AvgIpc) is 2.17. The highest BCUT2D eigenvalue weighted by atomic mass is 16.5.